The highest BCUT2D eigenvalue weighted by Crippen LogP contribution is 2.38. The molecule has 1 aromatic heterocycles. The molecule has 0 bridgehead atoms. The van der Waals surface area contributed by atoms with Crippen LogP contribution in [0, 0.1) is 0 Å². The molecule has 3 aromatic rings. The van der Waals surface area contributed by atoms with Crippen molar-refractivity contribution in [1.82, 2.24) is 0 Å². The van der Waals surface area contributed by atoms with Crippen LogP contribution in [-0.4, -0.2) is 26.1 Å². The van der Waals surface area contributed by atoms with Gasteiger partial charge in [0, 0.05) is 26.6 Å². The van der Waals surface area contributed by atoms with Gasteiger partial charge in [0.1, 0.15) is 11.6 Å². The summed E-state index contributed by atoms with van der Waals surface area (Å²) in [7, 11) is 2.89. The summed E-state index contributed by atoms with van der Waals surface area (Å²) in [5, 5.41) is 4.43. The van der Waals surface area contributed by atoms with Crippen molar-refractivity contribution in [2.24, 2.45) is 0 Å². The molecule has 0 aliphatic heterocycles. The van der Waals surface area contributed by atoms with E-state index in [4.69, 9.17) is 37.4 Å². The van der Waals surface area contributed by atoms with E-state index in [1.54, 1.807) is 42.5 Å². The lowest BCUT2D eigenvalue weighted by Crippen LogP contribution is -2.13. The molecule has 2 aromatic carbocycles. The molecule has 1 N–H and O–H groups in total. The molecule has 0 unspecified atom stereocenters. The molecule has 0 spiro atoms. The summed E-state index contributed by atoms with van der Waals surface area (Å²) in [5.74, 6) is 0.250. The van der Waals surface area contributed by atoms with E-state index in [-0.39, 0.29) is 12.5 Å². The van der Waals surface area contributed by atoms with Gasteiger partial charge >= 0.3 is 5.97 Å². The van der Waals surface area contributed by atoms with Crippen molar-refractivity contribution in [2.45, 2.75) is 32.3 Å². The minimum atomic E-state index is -0.424. The van der Waals surface area contributed by atoms with E-state index < -0.39 is 5.97 Å². The van der Waals surface area contributed by atoms with Gasteiger partial charge in [0.05, 0.1) is 19.8 Å². The van der Waals surface area contributed by atoms with Crippen LogP contribution in [0.15, 0.2) is 42.5 Å². The molecule has 0 saturated carbocycles. The zero-order valence-corrected chi connectivity index (χ0v) is 22.2. The minimum Gasteiger partial charge on any atom is -0.493 e. The summed E-state index contributed by atoms with van der Waals surface area (Å²) in [6.07, 6.45) is 6.91. The number of rotatable bonds is 8. The molecule has 0 fully saturated rings. The van der Waals surface area contributed by atoms with Gasteiger partial charge in [-0.05, 0) is 67.2 Å². The average molecular weight is 546 g/mol. The van der Waals surface area contributed by atoms with Crippen LogP contribution in [0.4, 0.5) is 5.00 Å². The molecule has 1 heterocycles. The highest BCUT2D eigenvalue weighted by atomic mass is 35.5. The maximum absolute atomic E-state index is 12.7. The van der Waals surface area contributed by atoms with E-state index in [0.717, 1.165) is 41.7 Å². The summed E-state index contributed by atoms with van der Waals surface area (Å²) in [5.41, 5.74) is 2.89. The van der Waals surface area contributed by atoms with E-state index >= 15 is 0 Å². The van der Waals surface area contributed by atoms with Crippen LogP contribution in [-0.2, 0) is 29.0 Å². The molecule has 36 heavy (non-hydrogen) atoms. The fraction of sp³-hybridized carbons (Fsp3) is 0.259. The van der Waals surface area contributed by atoms with Crippen LogP contribution in [0.3, 0.4) is 0 Å². The minimum absolute atomic E-state index is 0.180. The molecular weight excluding hydrogens is 521 g/mol. The Labute approximate surface area is 223 Å². The Kier molecular flexibility index (Phi) is 8.56. The number of esters is 1. The van der Waals surface area contributed by atoms with Crippen LogP contribution in [0.2, 0.25) is 10.0 Å². The first-order valence-corrected chi connectivity index (χ1v) is 12.9. The van der Waals surface area contributed by atoms with Gasteiger partial charge in [0.2, 0.25) is 5.91 Å². The van der Waals surface area contributed by atoms with Crippen molar-refractivity contribution in [3.8, 4) is 11.5 Å². The molecule has 1 aliphatic rings. The Morgan fingerprint density at radius 3 is 2.53 bits per heavy atom. The normalized spacial score (nSPS) is 12.8. The molecule has 1 amide bonds. The lowest BCUT2D eigenvalue weighted by molar-refractivity contribution is -0.111. The van der Waals surface area contributed by atoms with E-state index in [1.807, 2.05) is 0 Å². The van der Waals surface area contributed by atoms with Gasteiger partial charge in [0.15, 0.2) is 11.5 Å². The number of thiophene rings is 1. The Bertz CT molecular complexity index is 1300. The number of anilines is 1. The van der Waals surface area contributed by atoms with Gasteiger partial charge in [-0.25, -0.2) is 4.79 Å². The van der Waals surface area contributed by atoms with Gasteiger partial charge in [-0.2, -0.15) is 0 Å². The van der Waals surface area contributed by atoms with Crippen LogP contribution >= 0.6 is 34.5 Å². The van der Waals surface area contributed by atoms with Crippen molar-refractivity contribution in [3.63, 3.8) is 0 Å². The van der Waals surface area contributed by atoms with Crippen LogP contribution < -0.4 is 14.8 Å². The van der Waals surface area contributed by atoms with Gasteiger partial charge in [0.25, 0.3) is 0 Å². The second-order valence-corrected chi connectivity index (χ2v) is 10.0. The Morgan fingerprint density at radius 1 is 1.06 bits per heavy atom. The number of hydrogen-bond donors (Lipinski definition) is 1. The third kappa shape index (κ3) is 5.86. The second-order valence-electron chi connectivity index (χ2n) is 8.13. The van der Waals surface area contributed by atoms with E-state index in [2.05, 4.69) is 5.32 Å². The van der Waals surface area contributed by atoms with Crippen molar-refractivity contribution in [1.29, 1.82) is 0 Å². The fourth-order valence-corrected chi connectivity index (χ4v) is 5.81. The lowest BCUT2D eigenvalue weighted by Gasteiger charge is -2.13. The number of amides is 1. The van der Waals surface area contributed by atoms with Crippen LogP contribution in [0.1, 0.15) is 44.8 Å². The molecular formula is C27H25Cl2NO5S. The highest BCUT2D eigenvalue weighted by molar-refractivity contribution is 7.17. The molecule has 0 atom stereocenters. The molecule has 1 aliphatic carbocycles. The highest BCUT2D eigenvalue weighted by Gasteiger charge is 2.26. The largest absolute Gasteiger partial charge is 0.493 e. The number of methoxy groups -OCH3 is 2. The fourth-order valence-electron chi connectivity index (χ4n) is 4.02. The van der Waals surface area contributed by atoms with Gasteiger partial charge < -0.3 is 19.5 Å². The Balaban J connectivity index is 1.46. The number of aryl methyl sites for hydroxylation is 1. The van der Waals surface area contributed by atoms with E-state index in [0.29, 0.717) is 37.7 Å². The first kappa shape index (κ1) is 26.1. The molecule has 9 heteroatoms. The van der Waals surface area contributed by atoms with Crippen molar-refractivity contribution >= 4 is 57.5 Å². The van der Waals surface area contributed by atoms with Crippen molar-refractivity contribution in [3.05, 3.63) is 79.7 Å². The second kappa shape index (κ2) is 11.8. The zero-order chi connectivity index (χ0) is 25.7. The summed E-state index contributed by atoms with van der Waals surface area (Å²) < 4.78 is 16.3. The molecule has 0 radical (unpaired) electrons. The quantitative estimate of drug-likeness (QED) is 0.244. The summed E-state index contributed by atoms with van der Waals surface area (Å²) in [6, 6.07) is 10.6. The predicted molar refractivity (Wildman–Crippen MR) is 144 cm³/mol. The van der Waals surface area contributed by atoms with Crippen molar-refractivity contribution in [2.75, 3.05) is 19.5 Å². The molecule has 0 saturated heterocycles. The predicted octanol–water partition coefficient (Wildman–Crippen LogP) is 6.96. The summed E-state index contributed by atoms with van der Waals surface area (Å²) in [4.78, 5) is 26.2. The third-order valence-electron chi connectivity index (χ3n) is 5.85. The number of nitrogens with one attached hydrogen (secondary N) is 1. The molecule has 4 rings (SSSR count). The number of carbonyl (C=O) groups excluding carboxylic acids is 2. The first-order chi connectivity index (χ1) is 17.4. The van der Waals surface area contributed by atoms with E-state index in [1.165, 1.54) is 31.6 Å². The van der Waals surface area contributed by atoms with Gasteiger partial charge in [-0.15, -0.1) is 11.3 Å². The zero-order valence-electron chi connectivity index (χ0n) is 19.9. The number of halogens is 2. The number of ether oxygens (including phenoxy) is 3. The topological polar surface area (TPSA) is 73.9 Å². The molecule has 188 valence electrons. The first-order valence-electron chi connectivity index (χ1n) is 11.4. The van der Waals surface area contributed by atoms with Crippen molar-refractivity contribution < 1.29 is 23.8 Å². The molecule has 6 nitrogen and oxygen atoms in total. The standard InChI is InChI=1S/C27H25Cl2NO5S/c1-33-22-14-16(10-12-21(22)35-15-18-19(28)7-5-8-20(18)29)11-13-24(31)30-26-25(27(32)34-2)17-6-3-4-9-23(17)36-26/h5,7-8,10-14H,3-4,6,9,15H2,1-2H3,(H,30,31)/b13-11+. The maximum Gasteiger partial charge on any atom is 0.341 e. The smallest absolute Gasteiger partial charge is 0.341 e. The average Bonchev–Trinajstić information content (AvgIpc) is 3.24. The Morgan fingerprint density at radius 2 is 1.81 bits per heavy atom. The number of carbonyl (C=O) groups is 2. The lowest BCUT2D eigenvalue weighted by atomic mass is 9.95. The SMILES string of the molecule is COC(=O)c1c(NC(=O)/C=C/c2ccc(OCc3c(Cl)cccc3Cl)c(OC)c2)sc2c1CCCC2. The summed E-state index contributed by atoms with van der Waals surface area (Å²) in [6.45, 7) is 0.180. The Hall–Kier alpha value is -3.00. The van der Waals surface area contributed by atoms with Gasteiger partial charge in [-0.1, -0.05) is 35.3 Å². The van der Waals surface area contributed by atoms with E-state index in [9.17, 15) is 9.59 Å². The number of fused-ring (bicyclic) bond motifs is 1. The summed E-state index contributed by atoms with van der Waals surface area (Å²) >= 11 is 13.9. The maximum atomic E-state index is 12.7. The third-order valence-corrected chi connectivity index (χ3v) is 7.76. The van der Waals surface area contributed by atoms with Gasteiger partial charge in [-0.3, -0.25) is 4.79 Å². The number of hydrogen-bond acceptors (Lipinski definition) is 6. The number of benzene rings is 2. The monoisotopic (exact) mass is 545 g/mol. The van der Waals surface area contributed by atoms with Crippen LogP contribution in [0.5, 0.6) is 11.5 Å². The van der Waals surface area contributed by atoms with Crippen LogP contribution in [0.25, 0.3) is 6.08 Å².